The molecule has 2 amide bonds. The lowest BCUT2D eigenvalue weighted by molar-refractivity contribution is -0.137. The zero-order valence-electron chi connectivity index (χ0n) is 25.7. The summed E-state index contributed by atoms with van der Waals surface area (Å²) in [5.41, 5.74) is 1.88. The van der Waals surface area contributed by atoms with Crippen LogP contribution in [-0.4, -0.2) is 58.1 Å². The van der Waals surface area contributed by atoms with Gasteiger partial charge in [-0.25, -0.2) is 8.42 Å². The Balaban J connectivity index is 1.33. The van der Waals surface area contributed by atoms with Crippen LogP contribution in [0, 0.1) is 13.8 Å². The SMILES string of the molecule is Cc1ccc(C)c(NC(=O)CSc2nnc(CNC(=O)c3ccc(S(=O)(=O)N4CCCCC4)cc3)n2-c2cccc(C(F)(F)F)c2)c1. The highest BCUT2D eigenvalue weighted by atomic mass is 32.2. The van der Waals surface area contributed by atoms with Gasteiger partial charge in [0.05, 0.1) is 28.4 Å². The summed E-state index contributed by atoms with van der Waals surface area (Å²) in [6.45, 7) is 4.45. The van der Waals surface area contributed by atoms with E-state index in [9.17, 15) is 31.2 Å². The number of nitrogens with zero attached hydrogens (tertiary/aromatic N) is 4. The molecule has 10 nitrogen and oxygen atoms in total. The Kier molecular flexibility index (Phi) is 10.4. The van der Waals surface area contributed by atoms with Crippen LogP contribution >= 0.6 is 11.8 Å². The summed E-state index contributed by atoms with van der Waals surface area (Å²) in [6.07, 6.45) is -2.03. The molecule has 3 aromatic carbocycles. The zero-order valence-corrected chi connectivity index (χ0v) is 27.3. The number of alkyl halides is 3. The van der Waals surface area contributed by atoms with Crippen LogP contribution in [0.3, 0.4) is 0 Å². The second kappa shape index (κ2) is 14.3. The number of sulfonamides is 1. The van der Waals surface area contributed by atoms with E-state index in [0.29, 0.717) is 18.8 Å². The lowest BCUT2D eigenvalue weighted by Gasteiger charge is -2.25. The third kappa shape index (κ3) is 8.21. The number of hydrogen-bond acceptors (Lipinski definition) is 7. The smallest absolute Gasteiger partial charge is 0.345 e. The molecule has 15 heteroatoms. The molecule has 47 heavy (non-hydrogen) atoms. The van der Waals surface area contributed by atoms with Crippen LogP contribution in [0.25, 0.3) is 5.69 Å². The standard InChI is InChI=1S/C32H33F3N6O4S2/c1-21-9-10-22(2)27(17-21)37-29(42)20-46-31-39-38-28(41(31)25-8-6-7-24(18-25)32(33,34)35)19-36-30(43)23-11-13-26(14-12-23)47(44,45)40-15-4-3-5-16-40/h6-14,17-18H,3-5,15-16,19-20H2,1-2H3,(H,36,43)(H,37,42). The average Bonchev–Trinajstić information content (AvgIpc) is 3.47. The zero-order chi connectivity index (χ0) is 33.8. The average molecular weight is 687 g/mol. The van der Waals surface area contributed by atoms with Crippen molar-refractivity contribution in [3.8, 4) is 5.69 Å². The van der Waals surface area contributed by atoms with Crippen LogP contribution in [0.5, 0.6) is 0 Å². The van der Waals surface area contributed by atoms with Gasteiger partial charge in [0.2, 0.25) is 15.9 Å². The summed E-state index contributed by atoms with van der Waals surface area (Å²) in [4.78, 5) is 25.9. The first kappa shape index (κ1) is 34.1. The van der Waals surface area contributed by atoms with E-state index in [1.54, 1.807) is 0 Å². The maximum Gasteiger partial charge on any atom is 0.416 e. The lowest BCUT2D eigenvalue weighted by Crippen LogP contribution is -2.35. The molecule has 0 unspecified atom stereocenters. The molecule has 5 rings (SSSR count). The predicted octanol–water partition coefficient (Wildman–Crippen LogP) is 5.74. The highest BCUT2D eigenvalue weighted by Crippen LogP contribution is 2.32. The Labute approximate surface area is 274 Å². The van der Waals surface area contributed by atoms with Gasteiger partial charge in [-0.1, -0.05) is 36.4 Å². The number of rotatable bonds is 10. The molecule has 2 N–H and O–H groups in total. The van der Waals surface area contributed by atoms with E-state index in [1.165, 1.54) is 45.3 Å². The molecule has 248 valence electrons. The van der Waals surface area contributed by atoms with Crippen molar-refractivity contribution in [3.63, 3.8) is 0 Å². The Morgan fingerprint density at radius 1 is 0.936 bits per heavy atom. The van der Waals surface area contributed by atoms with Crippen LogP contribution in [0.2, 0.25) is 0 Å². The number of aromatic nitrogens is 3. The number of aryl methyl sites for hydroxylation is 2. The molecule has 1 saturated heterocycles. The summed E-state index contributed by atoms with van der Waals surface area (Å²) in [5, 5.41) is 13.9. The minimum Gasteiger partial charge on any atom is -0.345 e. The Morgan fingerprint density at radius 2 is 1.66 bits per heavy atom. The molecule has 0 atom stereocenters. The van der Waals surface area contributed by atoms with Crippen LogP contribution in [0.15, 0.2) is 76.8 Å². The van der Waals surface area contributed by atoms with Crippen LogP contribution in [0.4, 0.5) is 18.9 Å². The van der Waals surface area contributed by atoms with E-state index < -0.39 is 27.7 Å². The summed E-state index contributed by atoms with van der Waals surface area (Å²) in [5.74, 6) is -0.876. The van der Waals surface area contributed by atoms with Gasteiger partial charge in [0.1, 0.15) is 0 Å². The first-order valence-corrected chi connectivity index (χ1v) is 17.3. The maximum absolute atomic E-state index is 13.6. The van der Waals surface area contributed by atoms with Crippen LogP contribution in [-0.2, 0) is 27.5 Å². The van der Waals surface area contributed by atoms with Crippen molar-refractivity contribution in [1.82, 2.24) is 24.4 Å². The molecular weight excluding hydrogens is 654 g/mol. The van der Waals surface area contributed by atoms with Gasteiger partial charge < -0.3 is 10.6 Å². The summed E-state index contributed by atoms with van der Waals surface area (Å²) in [6, 6.07) is 15.8. The van der Waals surface area contributed by atoms with Crippen molar-refractivity contribution >= 4 is 39.3 Å². The van der Waals surface area contributed by atoms with Gasteiger partial charge in [-0.15, -0.1) is 10.2 Å². The largest absolute Gasteiger partial charge is 0.416 e. The quantitative estimate of drug-likeness (QED) is 0.204. The number of hydrogen-bond donors (Lipinski definition) is 2. The molecule has 1 aliphatic rings. The van der Waals surface area contributed by atoms with E-state index in [0.717, 1.165) is 54.3 Å². The van der Waals surface area contributed by atoms with Crippen molar-refractivity contribution in [1.29, 1.82) is 0 Å². The molecule has 0 saturated carbocycles. The number of piperidine rings is 1. The van der Waals surface area contributed by atoms with E-state index >= 15 is 0 Å². The molecule has 0 bridgehead atoms. The number of carbonyl (C=O) groups is 2. The fourth-order valence-corrected chi connectivity index (χ4v) is 7.36. The monoisotopic (exact) mass is 686 g/mol. The van der Waals surface area contributed by atoms with E-state index in [1.807, 2.05) is 32.0 Å². The van der Waals surface area contributed by atoms with Gasteiger partial charge in [0.25, 0.3) is 5.91 Å². The first-order chi connectivity index (χ1) is 22.3. The molecule has 1 aliphatic heterocycles. The Bertz CT molecular complexity index is 1870. The molecular formula is C32H33F3N6O4S2. The highest BCUT2D eigenvalue weighted by molar-refractivity contribution is 7.99. The third-order valence-corrected chi connectivity index (χ3v) is 10.4. The Morgan fingerprint density at radius 3 is 2.36 bits per heavy atom. The second-order valence-electron chi connectivity index (χ2n) is 11.1. The van der Waals surface area contributed by atoms with Gasteiger partial charge in [0, 0.05) is 24.3 Å². The number of halogens is 3. The summed E-state index contributed by atoms with van der Waals surface area (Å²) in [7, 11) is -3.67. The predicted molar refractivity (Wildman–Crippen MR) is 172 cm³/mol. The van der Waals surface area contributed by atoms with Crippen molar-refractivity contribution < 1.29 is 31.2 Å². The number of nitrogens with one attached hydrogen (secondary N) is 2. The minimum atomic E-state index is -4.61. The van der Waals surface area contributed by atoms with Crippen molar-refractivity contribution in [2.45, 2.75) is 55.9 Å². The number of anilines is 1. The van der Waals surface area contributed by atoms with Crippen molar-refractivity contribution in [3.05, 3.63) is 94.8 Å². The maximum atomic E-state index is 13.6. The summed E-state index contributed by atoms with van der Waals surface area (Å²) >= 11 is 0.982. The van der Waals surface area contributed by atoms with Gasteiger partial charge in [0.15, 0.2) is 11.0 Å². The molecule has 0 spiro atoms. The van der Waals surface area contributed by atoms with Crippen LogP contribution < -0.4 is 10.6 Å². The topological polar surface area (TPSA) is 126 Å². The van der Waals surface area contributed by atoms with E-state index in [-0.39, 0.29) is 45.3 Å². The normalized spacial score (nSPS) is 14.1. The van der Waals surface area contributed by atoms with Gasteiger partial charge in [-0.05, 0) is 86.3 Å². The molecule has 2 heterocycles. The fourth-order valence-electron chi connectivity index (χ4n) is 5.07. The molecule has 0 aliphatic carbocycles. The van der Waals surface area contributed by atoms with Crippen LogP contribution in [0.1, 0.15) is 52.1 Å². The molecule has 4 aromatic rings. The highest BCUT2D eigenvalue weighted by Gasteiger charge is 2.31. The van der Waals surface area contributed by atoms with Gasteiger partial charge in [-0.2, -0.15) is 17.5 Å². The molecule has 0 radical (unpaired) electrons. The van der Waals surface area contributed by atoms with Crippen molar-refractivity contribution in [2.24, 2.45) is 0 Å². The third-order valence-electron chi connectivity index (χ3n) is 7.61. The first-order valence-electron chi connectivity index (χ1n) is 14.8. The molecule has 1 fully saturated rings. The number of amides is 2. The Hall–Kier alpha value is -4.21. The fraction of sp³-hybridized carbons (Fsp3) is 0.312. The van der Waals surface area contributed by atoms with Gasteiger partial charge in [-0.3, -0.25) is 14.2 Å². The number of benzene rings is 3. The minimum absolute atomic E-state index is 0.0866. The van der Waals surface area contributed by atoms with Crippen molar-refractivity contribution in [2.75, 3.05) is 24.2 Å². The molecule has 1 aromatic heterocycles. The summed E-state index contributed by atoms with van der Waals surface area (Å²) < 4.78 is 69.5. The second-order valence-corrected chi connectivity index (χ2v) is 14.0. The number of carbonyl (C=O) groups excluding carboxylic acids is 2. The lowest BCUT2D eigenvalue weighted by atomic mass is 10.1. The van der Waals surface area contributed by atoms with Gasteiger partial charge >= 0.3 is 6.18 Å². The van der Waals surface area contributed by atoms with E-state index in [2.05, 4.69) is 20.8 Å². The van der Waals surface area contributed by atoms with E-state index in [4.69, 9.17) is 0 Å². The number of thioether (sulfide) groups is 1.